The minimum Gasteiger partial charge on any atom is -0.469 e. The van der Waals surface area contributed by atoms with Crippen LogP contribution in [0.2, 0.25) is 5.15 Å². The van der Waals surface area contributed by atoms with Crippen molar-refractivity contribution in [3.05, 3.63) is 17.0 Å². The fourth-order valence-electron chi connectivity index (χ4n) is 0.893. The van der Waals surface area contributed by atoms with Crippen molar-refractivity contribution in [3.63, 3.8) is 0 Å². The highest BCUT2D eigenvalue weighted by molar-refractivity contribution is 7.99. The van der Waals surface area contributed by atoms with Gasteiger partial charge in [-0.15, -0.1) is 11.8 Å². The van der Waals surface area contributed by atoms with Gasteiger partial charge in [-0.3, -0.25) is 4.79 Å². The average Bonchev–Trinajstić information content (AvgIpc) is 2.24. The van der Waals surface area contributed by atoms with Gasteiger partial charge in [-0.1, -0.05) is 11.6 Å². The highest BCUT2D eigenvalue weighted by Gasteiger charge is 2.07. The SMILES string of the molecule is COC(=O)CCSc1ncnc(Cl)c1C. The van der Waals surface area contributed by atoms with Crippen LogP contribution in [-0.4, -0.2) is 28.8 Å². The molecule has 0 aliphatic heterocycles. The fraction of sp³-hybridized carbons (Fsp3) is 0.444. The van der Waals surface area contributed by atoms with Crippen LogP contribution in [0.15, 0.2) is 11.4 Å². The lowest BCUT2D eigenvalue weighted by atomic mass is 10.4. The molecule has 0 fully saturated rings. The predicted molar refractivity (Wildman–Crippen MR) is 59.1 cm³/mol. The number of hydrogen-bond donors (Lipinski definition) is 0. The summed E-state index contributed by atoms with van der Waals surface area (Å²) in [4.78, 5) is 18.8. The first-order valence-corrected chi connectivity index (χ1v) is 5.68. The van der Waals surface area contributed by atoms with Crippen LogP contribution in [0.3, 0.4) is 0 Å². The number of ether oxygens (including phenoxy) is 1. The van der Waals surface area contributed by atoms with Gasteiger partial charge in [0.05, 0.1) is 13.5 Å². The third-order valence-corrected chi connectivity index (χ3v) is 3.22. The number of aromatic nitrogens is 2. The second-order valence-electron chi connectivity index (χ2n) is 2.77. The summed E-state index contributed by atoms with van der Waals surface area (Å²) < 4.78 is 4.53. The molecule has 82 valence electrons. The van der Waals surface area contributed by atoms with Gasteiger partial charge in [0, 0.05) is 11.3 Å². The first kappa shape index (κ1) is 12.3. The van der Waals surface area contributed by atoms with E-state index < -0.39 is 0 Å². The molecule has 1 aromatic heterocycles. The van der Waals surface area contributed by atoms with Crippen LogP contribution < -0.4 is 0 Å². The standard InChI is InChI=1S/C9H11ClN2O2S/c1-6-8(10)11-5-12-9(6)15-4-3-7(13)14-2/h5H,3-4H2,1-2H3. The predicted octanol–water partition coefficient (Wildman–Crippen LogP) is 2.09. The summed E-state index contributed by atoms with van der Waals surface area (Å²) >= 11 is 7.30. The van der Waals surface area contributed by atoms with Crippen molar-refractivity contribution in [2.75, 3.05) is 12.9 Å². The molecule has 0 saturated heterocycles. The zero-order valence-electron chi connectivity index (χ0n) is 8.49. The lowest BCUT2D eigenvalue weighted by Gasteiger charge is -2.04. The smallest absolute Gasteiger partial charge is 0.306 e. The maximum atomic E-state index is 10.9. The molecule has 0 unspecified atom stereocenters. The Morgan fingerprint density at radius 3 is 3.00 bits per heavy atom. The van der Waals surface area contributed by atoms with Crippen molar-refractivity contribution in [1.82, 2.24) is 9.97 Å². The highest BCUT2D eigenvalue weighted by atomic mass is 35.5. The molecule has 15 heavy (non-hydrogen) atoms. The number of methoxy groups -OCH3 is 1. The number of nitrogens with zero attached hydrogens (tertiary/aromatic N) is 2. The summed E-state index contributed by atoms with van der Waals surface area (Å²) in [5.41, 5.74) is 0.842. The highest BCUT2D eigenvalue weighted by Crippen LogP contribution is 2.23. The molecule has 1 heterocycles. The number of thioether (sulfide) groups is 1. The monoisotopic (exact) mass is 246 g/mol. The Bertz CT molecular complexity index is 360. The number of carbonyl (C=O) groups is 1. The van der Waals surface area contributed by atoms with Crippen molar-refractivity contribution in [1.29, 1.82) is 0 Å². The molecule has 0 aliphatic rings. The Hall–Kier alpha value is -0.810. The molecule has 0 bridgehead atoms. The molecule has 0 aromatic carbocycles. The molecular formula is C9H11ClN2O2S. The Balaban J connectivity index is 2.51. The molecule has 0 saturated carbocycles. The van der Waals surface area contributed by atoms with Crippen LogP contribution in [0.25, 0.3) is 0 Å². The number of halogens is 1. The van der Waals surface area contributed by atoms with E-state index in [-0.39, 0.29) is 5.97 Å². The molecule has 0 amide bonds. The summed E-state index contributed by atoms with van der Waals surface area (Å²) in [6.45, 7) is 1.85. The van der Waals surface area contributed by atoms with E-state index in [9.17, 15) is 4.79 Å². The lowest BCUT2D eigenvalue weighted by molar-refractivity contribution is -0.140. The second kappa shape index (κ2) is 5.92. The quantitative estimate of drug-likeness (QED) is 0.463. The van der Waals surface area contributed by atoms with Gasteiger partial charge in [0.2, 0.25) is 0 Å². The third-order valence-electron chi connectivity index (χ3n) is 1.75. The number of carbonyl (C=O) groups excluding carboxylic acids is 1. The fourth-order valence-corrected chi connectivity index (χ4v) is 1.98. The zero-order chi connectivity index (χ0) is 11.3. The number of esters is 1. The number of rotatable bonds is 4. The largest absolute Gasteiger partial charge is 0.469 e. The summed E-state index contributed by atoms with van der Waals surface area (Å²) in [5, 5.41) is 1.25. The van der Waals surface area contributed by atoms with Crippen molar-refractivity contribution >= 4 is 29.3 Å². The van der Waals surface area contributed by atoms with Crippen LogP contribution in [-0.2, 0) is 9.53 Å². The summed E-state index contributed by atoms with van der Waals surface area (Å²) in [5.74, 6) is 0.404. The van der Waals surface area contributed by atoms with Crippen LogP contribution in [0, 0.1) is 6.92 Å². The van der Waals surface area contributed by atoms with E-state index in [4.69, 9.17) is 11.6 Å². The normalized spacial score (nSPS) is 10.1. The van der Waals surface area contributed by atoms with Crippen molar-refractivity contribution < 1.29 is 9.53 Å². The van der Waals surface area contributed by atoms with Gasteiger partial charge in [0.1, 0.15) is 16.5 Å². The molecular weight excluding hydrogens is 236 g/mol. The Labute approximate surface area is 97.4 Å². The van der Waals surface area contributed by atoms with Crippen LogP contribution in [0.5, 0.6) is 0 Å². The Kier molecular flexibility index (Phi) is 4.84. The van der Waals surface area contributed by atoms with E-state index in [0.717, 1.165) is 10.6 Å². The topological polar surface area (TPSA) is 52.1 Å². The molecule has 0 radical (unpaired) electrons. The van der Waals surface area contributed by atoms with E-state index in [1.54, 1.807) is 0 Å². The Morgan fingerprint density at radius 2 is 2.33 bits per heavy atom. The molecule has 1 rings (SSSR count). The van der Waals surface area contributed by atoms with Gasteiger partial charge in [-0.2, -0.15) is 0 Å². The Morgan fingerprint density at radius 1 is 1.60 bits per heavy atom. The van der Waals surface area contributed by atoms with Crippen LogP contribution >= 0.6 is 23.4 Å². The molecule has 0 spiro atoms. The van der Waals surface area contributed by atoms with Crippen molar-refractivity contribution in [2.45, 2.75) is 18.4 Å². The summed E-state index contributed by atoms with van der Waals surface area (Å²) in [6, 6.07) is 0. The van der Waals surface area contributed by atoms with Crippen molar-refractivity contribution in [2.24, 2.45) is 0 Å². The first-order valence-electron chi connectivity index (χ1n) is 4.32. The van der Waals surface area contributed by atoms with Gasteiger partial charge in [0.25, 0.3) is 0 Å². The molecule has 0 N–H and O–H groups in total. The molecule has 0 aliphatic carbocycles. The van der Waals surface area contributed by atoms with Gasteiger partial charge >= 0.3 is 5.97 Å². The maximum Gasteiger partial charge on any atom is 0.306 e. The first-order chi connectivity index (χ1) is 7.15. The zero-order valence-corrected chi connectivity index (χ0v) is 10.1. The van der Waals surface area contributed by atoms with E-state index in [1.165, 1.54) is 25.2 Å². The lowest BCUT2D eigenvalue weighted by Crippen LogP contribution is -2.01. The average molecular weight is 247 g/mol. The minimum absolute atomic E-state index is 0.222. The second-order valence-corrected chi connectivity index (χ2v) is 4.21. The molecule has 0 atom stereocenters. The summed E-state index contributed by atoms with van der Waals surface area (Å²) in [6.07, 6.45) is 1.78. The third kappa shape index (κ3) is 3.68. The van der Waals surface area contributed by atoms with E-state index >= 15 is 0 Å². The number of hydrogen-bond acceptors (Lipinski definition) is 5. The van der Waals surface area contributed by atoms with Gasteiger partial charge in [-0.05, 0) is 6.92 Å². The minimum atomic E-state index is -0.222. The maximum absolute atomic E-state index is 10.9. The van der Waals surface area contributed by atoms with E-state index in [1.807, 2.05) is 6.92 Å². The molecule has 4 nitrogen and oxygen atoms in total. The van der Waals surface area contributed by atoms with Crippen LogP contribution in [0.4, 0.5) is 0 Å². The van der Waals surface area contributed by atoms with Gasteiger partial charge < -0.3 is 4.74 Å². The van der Waals surface area contributed by atoms with E-state index in [0.29, 0.717) is 17.3 Å². The molecule has 1 aromatic rings. The van der Waals surface area contributed by atoms with Gasteiger partial charge in [0.15, 0.2) is 0 Å². The van der Waals surface area contributed by atoms with Crippen molar-refractivity contribution in [3.8, 4) is 0 Å². The summed E-state index contributed by atoms with van der Waals surface area (Å²) in [7, 11) is 1.37. The van der Waals surface area contributed by atoms with Gasteiger partial charge in [-0.25, -0.2) is 9.97 Å². The van der Waals surface area contributed by atoms with Crippen LogP contribution in [0.1, 0.15) is 12.0 Å². The molecule has 6 heteroatoms. The van der Waals surface area contributed by atoms with E-state index in [2.05, 4.69) is 14.7 Å².